The average molecular weight is 255 g/mol. The van der Waals surface area contributed by atoms with Crippen LogP contribution in [0.1, 0.15) is 22.7 Å². The van der Waals surface area contributed by atoms with Crippen molar-refractivity contribution in [3.63, 3.8) is 0 Å². The third-order valence-corrected chi connectivity index (χ3v) is 3.47. The maximum absolute atomic E-state index is 8.90. The molecule has 1 unspecified atom stereocenters. The Balaban J connectivity index is 1.91. The molecule has 1 aliphatic heterocycles. The van der Waals surface area contributed by atoms with Gasteiger partial charge in [-0.1, -0.05) is 23.7 Å². The second-order valence-corrected chi connectivity index (χ2v) is 4.88. The van der Waals surface area contributed by atoms with Gasteiger partial charge in [0.05, 0.1) is 17.7 Å². The lowest BCUT2D eigenvalue weighted by Gasteiger charge is -2.11. The summed E-state index contributed by atoms with van der Waals surface area (Å²) in [6, 6.07) is 16.1. The molecule has 2 aromatic rings. The highest BCUT2D eigenvalue weighted by Crippen LogP contribution is 2.35. The van der Waals surface area contributed by atoms with Crippen molar-refractivity contribution in [2.75, 3.05) is 5.32 Å². The number of anilines is 1. The topological polar surface area (TPSA) is 35.8 Å². The number of nitrogens with one attached hydrogen (secondary N) is 1. The summed E-state index contributed by atoms with van der Waals surface area (Å²) in [4.78, 5) is 0. The first-order chi connectivity index (χ1) is 8.76. The van der Waals surface area contributed by atoms with Crippen molar-refractivity contribution in [2.45, 2.75) is 12.5 Å². The third kappa shape index (κ3) is 1.94. The highest BCUT2D eigenvalue weighted by atomic mass is 35.5. The Morgan fingerprint density at radius 2 is 2.11 bits per heavy atom. The normalized spacial score (nSPS) is 16.8. The lowest BCUT2D eigenvalue weighted by atomic mass is 10.0. The first-order valence-electron chi connectivity index (χ1n) is 5.81. The largest absolute Gasteiger partial charge is 0.378 e. The van der Waals surface area contributed by atoms with Gasteiger partial charge >= 0.3 is 0 Å². The molecule has 18 heavy (non-hydrogen) atoms. The molecule has 0 radical (unpaired) electrons. The molecule has 2 nitrogen and oxygen atoms in total. The fraction of sp³-hybridized carbons (Fsp3) is 0.133. The van der Waals surface area contributed by atoms with Crippen molar-refractivity contribution in [2.24, 2.45) is 0 Å². The summed E-state index contributed by atoms with van der Waals surface area (Å²) in [5.41, 5.74) is 4.19. The Hall–Kier alpha value is -1.98. The molecule has 1 heterocycles. The Kier molecular flexibility index (Phi) is 2.70. The Morgan fingerprint density at radius 3 is 2.89 bits per heavy atom. The van der Waals surface area contributed by atoms with E-state index in [9.17, 15) is 0 Å². The molecular weight excluding hydrogens is 244 g/mol. The van der Waals surface area contributed by atoms with Crippen molar-refractivity contribution in [1.29, 1.82) is 5.26 Å². The minimum Gasteiger partial charge on any atom is -0.378 e. The van der Waals surface area contributed by atoms with Crippen LogP contribution < -0.4 is 5.32 Å². The minimum atomic E-state index is 0.243. The quantitative estimate of drug-likeness (QED) is 0.837. The fourth-order valence-electron chi connectivity index (χ4n) is 2.36. The number of hydrogen-bond acceptors (Lipinski definition) is 2. The molecule has 0 bridgehead atoms. The molecule has 0 amide bonds. The van der Waals surface area contributed by atoms with Crippen LogP contribution >= 0.6 is 11.6 Å². The van der Waals surface area contributed by atoms with Gasteiger partial charge in [0, 0.05) is 10.7 Å². The van der Waals surface area contributed by atoms with Crippen molar-refractivity contribution in [1.82, 2.24) is 0 Å². The van der Waals surface area contributed by atoms with E-state index in [4.69, 9.17) is 16.9 Å². The molecule has 3 heteroatoms. The van der Waals surface area contributed by atoms with Crippen LogP contribution in [0, 0.1) is 11.3 Å². The van der Waals surface area contributed by atoms with Crippen LogP contribution in [-0.2, 0) is 6.42 Å². The summed E-state index contributed by atoms with van der Waals surface area (Å²) >= 11 is 6.01. The SMILES string of the molecule is N#Cc1ccc2c(c1)CC(c1cccc(Cl)c1)N2. The minimum absolute atomic E-state index is 0.243. The third-order valence-electron chi connectivity index (χ3n) is 3.24. The van der Waals surface area contributed by atoms with E-state index in [1.807, 2.05) is 36.4 Å². The Bertz CT molecular complexity index is 643. The Labute approximate surface area is 111 Å². The molecule has 0 aliphatic carbocycles. The summed E-state index contributed by atoms with van der Waals surface area (Å²) in [5.74, 6) is 0. The van der Waals surface area contributed by atoms with Crippen LogP contribution in [0.4, 0.5) is 5.69 Å². The summed E-state index contributed by atoms with van der Waals surface area (Å²) in [7, 11) is 0. The average Bonchev–Trinajstić information content (AvgIpc) is 2.81. The smallest absolute Gasteiger partial charge is 0.0991 e. The number of nitrogens with zero attached hydrogens (tertiary/aromatic N) is 1. The molecule has 0 saturated heterocycles. The van der Waals surface area contributed by atoms with Gasteiger partial charge in [0.15, 0.2) is 0 Å². The zero-order chi connectivity index (χ0) is 12.5. The molecule has 1 atom stereocenters. The van der Waals surface area contributed by atoms with E-state index in [1.54, 1.807) is 0 Å². The monoisotopic (exact) mass is 254 g/mol. The Morgan fingerprint density at radius 1 is 1.22 bits per heavy atom. The summed E-state index contributed by atoms with van der Waals surface area (Å²) in [6.45, 7) is 0. The first kappa shape index (κ1) is 11.1. The molecule has 0 fully saturated rings. The first-order valence-corrected chi connectivity index (χ1v) is 6.19. The van der Waals surface area contributed by atoms with Gasteiger partial charge in [-0.15, -0.1) is 0 Å². The van der Waals surface area contributed by atoms with Crippen molar-refractivity contribution < 1.29 is 0 Å². The van der Waals surface area contributed by atoms with Gasteiger partial charge < -0.3 is 5.32 Å². The lowest BCUT2D eigenvalue weighted by Crippen LogP contribution is -2.05. The fourth-order valence-corrected chi connectivity index (χ4v) is 2.55. The number of fused-ring (bicyclic) bond motifs is 1. The zero-order valence-electron chi connectivity index (χ0n) is 9.65. The maximum Gasteiger partial charge on any atom is 0.0991 e. The molecule has 0 aromatic heterocycles. The summed E-state index contributed by atoms with van der Waals surface area (Å²) in [5, 5.41) is 13.1. The molecule has 1 aliphatic rings. The molecule has 0 saturated carbocycles. The molecule has 0 spiro atoms. The highest BCUT2D eigenvalue weighted by Gasteiger charge is 2.22. The van der Waals surface area contributed by atoms with Gasteiger partial charge in [-0.2, -0.15) is 5.26 Å². The van der Waals surface area contributed by atoms with Gasteiger partial charge in [-0.3, -0.25) is 0 Å². The van der Waals surface area contributed by atoms with E-state index in [-0.39, 0.29) is 6.04 Å². The summed E-state index contributed by atoms with van der Waals surface area (Å²) < 4.78 is 0. The van der Waals surface area contributed by atoms with Gasteiger partial charge in [-0.05, 0) is 47.9 Å². The number of halogens is 1. The van der Waals surface area contributed by atoms with Gasteiger partial charge in [0.25, 0.3) is 0 Å². The van der Waals surface area contributed by atoms with E-state index in [0.29, 0.717) is 5.56 Å². The number of benzene rings is 2. The van der Waals surface area contributed by atoms with Crippen LogP contribution in [0.15, 0.2) is 42.5 Å². The number of hydrogen-bond donors (Lipinski definition) is 1. The van der Waals surface area contributed by atoms with Crippen LogP contribution in [0.2, 0.25) is 5.02 Å². The molecular formula is C15H11ClN2. The highest BCUT2D eigenvalue weighted by molar-refractivity contribution is 6.30. The van der Waals surface area contributed by atoms with Crippen LogP contribution in [-0.4, -0.2) is 0 Å². The molecule has 2 aromatic carbocycles. The van der Waals surface area contributed by atoms with Crippen LogP contribution in [0.3, 0.4) is 0 Å². The van der Waals surface area contributed by atoms with Crippen molar-refractivity contribution in [3.05, 3.63) is 64.2 Å². The second-order valence-electron chi connectivity index (χ2n) is 4.44. The van der Waals surface area contributed by atoms with Gasteiger partial charge in [-0.25, -0.2) is 0 Å². The molecule has 1 N–H and O–H groups in total. The van der Waals surface area contributed by atoms with Crippen molar-refractivity contribution in [3.8, 4) is 6.07 Å². The van der Waals surface area contributed by atoms with Crippen molar-refractivity contribution >= 4 is 17.3 Å². The van der Waals surface area contributed by atoms with E-state index in [0.717, 1.165) is 17.1 Å². The molecule has 3 rings (SSSR count). The predicted octanol–water partition coefficient (Wildman–Crippen LogP) is 3.92. The summed E-state index contributed by atoms with van der Waals surface area (Å²) in [6.07, 6.45) is 0.894. The zero-order valence-corrected chi connectivity index (χ0v) is 10.4. The van der Waals surface area contributed by atoms with Crippen LogP contribution in [0.5, 0.6) is 0 Å². The van der Waals surface area contributed by atoms with Gasteiger partial charge in [0.1, 0.15) is 0 Å². The number of nitriles is 1. The van der Waals surface area contributed by atoms with Crippen LogP contribution in [0.25, 0.3) is 0 Å². The standard InChI is InChI=1S/C15H11ClN2/c16-13-3-1-2-11(7-13)15-8-12-6-10(9-17)4-5-14(12)18-15/h1-7,15,18H,8H2. The molecule has 88 valence electrons. The van der Waals surface area contributed by atoms with E-state index in [2.05, 4.69) is 17.5 Å². The second kappa shape index (κ2) is 4.36. The lowest BCUT2D eigenvalue weighted by molar-refractivity contribution is 0.824. The van der Waals surface area contributed by atoms with E-state index < -0.39 is 0 Å². The maximum atomic E-state index is 8.90. The predicted molar refractivity (Wildman–Crippen MR) is 72.7 cm³/mol. The number of rotatable bonds is 1. The van der Waals surface area contributed by atoms with E-state index >= 15 is 0 Å². The van der Waals surface area contributed by atoms with Gasteiger partial charge in [0.2, 0.25) is 0 Å². The van der Waals surface area contributed by atoms with E-state index in [1.165, 1.54) is 11.1 Å².